The molecular formula is C8H11ClN4O. The van der Waals surface area contributed by atoms with Crippen molar-refractivity contribution in [2.24, 2.45) is 0 Å². The summed E-state index contributed by atoms with van der Waals surface area (Å²) in [5, 5.41) is 12.0. The van der Waals surface area contributed by atoms with Crippen molar-refractivity contribution in [1.82, 2.24) is 9.97 Å². The Bertz CT molecular complexity index is 331. The van der Waals surface area contributed by atoms with Gasteiger partial charge in [0, 0.05) is 0 Å². The van der Waals surface area contributed by atoms with Crippen molar-refractivity contribution in [2.45, 2.75) is 6.04 Å². The molecule has 6 heteroatoms. The molecule has 0 aliphatic heterocycles. The van der Waals surface area contributed by atoms with Gasteiger partial charge in [0.1, 0.15) is 17.2 Å². The molecule has 0 aromatic carbocycles. The molecule has 1 unspecified atom stereocenters. The summed E-state index contributed by atoms with van der Waals surface area (Å²) in [5.74, 6) is 0.586. The predicted octanol–water partition coefficient (Wildman–Crippen LogP) is 0.671. The third-order valence-corrected chi connectivity index (χ3v) is 1.99. The van der Waals surface area contributed by atoms with E-state index in [-0.39, 0.29) is 23.5 Å². The van der Waals surface area contributed by atoms with Crippen molar-refractivity contribution in [3.05, 3.63) is 24.0 Å². The molecule has 0 aliphatic rings. The molecule has 1 aromatic heterocycles. The fraction of sp³-hybridized carbons (Fsp3) is 0.250. The minimum absolute atomic E-state index is 0.0935. The minimum atomic E-state index is -0.304. The van der Waals surface area contributed by atoms with Crippen LogP contribution in [0.25, 0.3) is 0 Å². The Morgan fingerprint density at radius 2 is 2.43 bits per heavy atom. The van der Waals surface area contributed by atoms with Gasteiger partial charge in [-0.25, -0.2) is 9.97 Å². The number of aromatic nitrogens is 2. The Balaban J connectivity index is 2.85. The largest absolute Gasteiger partial charge is 0.394 e. The first kappa shape index (κ1) is 10.7. The SMILES string of the molecule is C=CC(CO)Nc1ncnc(N)c1Cl. The van der Waals surface area contributed by atoms with E-state index in [1.807, 2.05) is 0 Å². The Kier molecular flexibility index (Phi) is 3.67. The first-order chi connectivity index (χ1) is 6.69. The predicted molar refractivity (Wildman–Crippen MR) is 56.1 cm³/mol. The maximum atomic E-state index is 8.90. The number of halogens is 1. The Labute approximate surface area is 86.6 Å². The molecule has 14 heavy (non-hydrogen) atoms. The summed E-state index contributed by atoms with van der Waals surface area (Å²) in [7, 11) is 0. The van der Waals surface area contributed by atoms with Gasteiger partial charge in [-0.2, -0.15) is 0 Å². The molecule has 0 radical (unpaired) electrons. The zero-order chi connectivity index (χ0) is 10.6. The number of nitrogens with two attached hydrogens (primary N) is 1. The number of rotatable bonds is 4. The first-order valence-electron chi connectivity index (χ1n) is 3.95. The molecule has 0 saturated heterocycles. The van der Waals surface area contributed by atoms with Crippen LogP contribution < -0.4 is 11.1 Å². The van der Waals surface area contributed by atoms with E-state index in [2.05, 4.69) is 21.9 Å². The summed E-state index contributed by atoms with van der Waals surface area (Å²) in [6.07, 6.45) is 2.84. The van der Waals surface area contributed by atoms with Gasteiger partial charge in [0.25, 0.3) is 0 Å². The first-order valence-corrected chi connectivity index (χ1v) is 4.32. The van der Waals surface area contributed by atoms with Crippen LogP contribution in [0.4, 0.5) is 11.6 Å². The highest BCUT2D eigenvalue weighted by molar-refractivity contribution is 6.35. The summed E-state index contributed by atoms with van der Waals surface area (Å²) in [5.41, 5.74) is 5.47. The second-order valence-corrected chi connectivity index (χ2v) is 2.97. The second-order valence-electron chi connectivity index (χ2n) is 2.59. The molecule has 4 N–H and O–H groups in total. The molecule has 0 amide bonds. The van der Waals surface area contributed by atoms with E-state index in [1.54, 1.807) is 6.08 Å². The molecule has 0 aliphatic carbocycles. The number of aliphatic hydroxyl groups is 1. The number of hydrogen-bond donors (Lipinski definition) is 3. The number of hydrogen-bond acceptors (Lipinski definition) is 5. The van der Waals surface area contributed by atoms with Gasteiger partial charge in [-0.15, -0.1) is 6.58 Å². The topological polar surface area (TPSA) is 84.1 Å². The Hall–Kier alpha value is -1.33. The van der Waals surface area contributed by atoms with Gasteiger partial charge >= 0.3 is 0 Å². The van der Waals surface area contributed by atoms with E-state index in [0.717, 1.165) is 0 Å². The molecule has 76 valence electrons. The van der Waals surface area contributed by atoms with Crippen LogP contribution in [-0.2, 0) is 0 Å². The van der Waals surface area contributed by atoms with Crippen molar-refractivity contribution >= 4 is 23.2 Å². The molecule has 0 spiro atoms. The van der Waals surface area contributed by atoms with E-state index in [9.17, 15) is 0 Å². The molecule has 0 bridgehead atoms. The minimum Gasteiger partial charge on any atom is -0.394 e. The fourth-order valence-electron chi connectivity index (χ4n) is 0.839. The molecular weight excluding hydrogens is 204 g/mol. The maximum absolute atomic E-state index is 8.90. The fourth-order valence-corrected chi connectivity index (χ4v) is 0.991. The Morgan fingerprint density at radius 1 is 1.71 bits per heavy atom. The van der Waals surface area contributed by atoms with Crippen LogP contribution in [0.1, 0.15) is 0 Å². The third kappa shape index (κ3) is 2.34. The van der Waals surface area contributed by atoms with Crippen LogP contribution in [0.2, 0.25) is 5.02 Å². The van der Waals surface area contributed by atoms with Crippen molar-refractivity contribution in [1.29, 1.82) is 0 Å². The van der Waals surface area contributed by atoms with Crippen molar-refractivity contribution in [3.8, 4) is 0 Å². The van der Waals surface area contributed by atoms with Crippen molar-refractivity contribution < 1.29 is 5.11 Å². The lowest BCUT2D eigenvalue weighted by molar-refractivity contribution is 0.290. The van der Waals surface area contributed by atoms with Crippen molar-refractivity contribution in [3.63, 3.8) is 0 Å². The van der Waals surface area contributed by atoms with Crippen LogP contribution in [0, 0.1) is 0 Å². The number of aliphatic hydroxyl groups excluding tert-OH is 1. The summed E-state index contributed by atoms with van der Waals surface area (Å²) >= 11 is 5.82. The van der Waals surface area contributed by atoms with E-state index in [1.165, 1.54) is 6.33 Å². The van der Waals surface area contributed by atoms with Gasteiger partial charge in [0.15, 0.2) is 5.82 Å². The lowest BCUT2D eigenvalue weighted by Crippen LogP contribution is -2.21. The van der Waals surface area contributed by atoms with E-state index in [4.69, 9.17) is 22.4 Å². The smallest absolute Gasteiger partial charge is 0.150 e. The maximum Gasteiger partial charge on any atom is 0.150 e. The zero-order valence-electron chi connectivity index (χ0n) is 7.44. The number of nitrogens with one attached hydrogen (secondary N) is 1. The summed E-state index contributed by atoms with van der Waals surface area (Å²) in [6.45, 7) is 3.45. The average Bonchev–Trinajstić information content (AvgIpc) is 2.20. The number of anilines is 2. The summed E-state index contributed by atoms with van der Waals surface area (Å²) in [6, 6.07) is -0.304. The molecule has 5 nitrogen and oxygen atoms in total. The van der Waals surface area contributed by atoms with E-state index < -0.39 is 0 Å². The summed E-state index contributed by atoms with van der Waals surface area (Å²) < 4.78 is 0. The van der Waals surface area contributed by atoms with Crippen LogP contribution in [-0.4, -0.2) is 27.7 Å². The van der Waals surface area contributed by atoms with E-state index >= 15 is 0 Å². The summed E-state index contributed by atoms with van der Waals surface area (Å²) in [4.78, 5) is 7.59. The second kappa shape index (κ2) is 4.78. The lowest BCUT2D eigenvalue weighted by atomic mass is 10.3. The average molecular weight is 215 g/mol. The number of nitrogen functional groups attached to an aromatic ring is 1. The Morgan fingerprint density at radius 3 is 3.00 bits per heavy atom. The highest BCUT2D eigenvalue weighted by Crippen LogP contribution is 2.23. The normalized spacial score (nSPS) is 12.1. The molecule has 1 atom stereocenters. The van der Waals surface area contributed by atoms with E-state index in [0.29, 0.717) is 5.82 Å². The van der Waals surface area contributed by atoms with Gasteiger partial charge in [-0.3, -0.25) is 0 Å². The van der Waals surface area contributed by atoms with Gasteiger partial charge in [-0.1, -0.05) is 17.7 Å². The monoisotopic (exact) mass is 214 g/mol. The number of nitrogens with zero attached hydrogens (tertiary/aromatic N) is 2. The molecule has 1 aromatic rings. The van der Waals surface area contributed by atoms with Crippen LogP contribution in [0.3, 0.4) is 0 Å². The van der Waals surface area contributed by atoms with Gasteiger partial charge in [-0.05, 0) is 0 Å². The standard InChI is InChI=1S/C8H11ClN4O/c1-2-5(3-14)13-8-6(9)7(10)11-4-12-8/h2,4-5,14H,1,3H2,(H3,10,11,12,13). The molecule has 1 heterocycles. The highest BCUT2D eigenvalue weighted by atomic mass is 35.5. The van der Waals surface area contributed by atoms with Gasteiger partial charge in [0.2, 0.25) is 0 Å². The van der Waals surface area contributed by atoms with Crippen LogP contribution in [0.15, 0.2) is 19.0 Å². The van der Waals surface area contributed by atoms with Crippen LogP contribution in [0.5, 0.6) is 0 Å². The van der Waals surface area contributed by atoms with Crippen molar-refractivity contribution in [2.75, 3.05) is 17.7 Å². The molecule has 0 fully saturated rings. The zero-order valence-corrected chi connectivity index (χ0v) is 8.20. The van der Waals surface area contributed by atoms with Crippen LogP contribution >= 0.6 is 11.6 Å². The third-order valence-electron chi connectivity index (χ3n) is 1.62. The van der Waals surface area contributed by atoms with Gasteiger partial charge in [0.05, 0.1) is 12.6 Å². The lowest BCUT2D eigenvalue weighted by Gasteiger charge is -2.13. The molecule has 0 saturated carbocycles. The quantitative estimate of drug-likeness (QED) is 0.642. The van der Waals surface area contributed by atoms with Gasteiger partial charge < -0.3 is 16.2 Å². The molecule has 1 rings (SSSR count). The highest BCUT2D eigenvalue weighted by Gasteiger charge is 2.09.